The number of nitrogens with zero attached hydrogens (tertiary/aromatic N) is 1. The highest BCUT2D eigenvalue weighted by Crippen LogP contribution is 2.32. The molecule has 5 aromatic rings. The second-order valence-corrected chi connectivity index (χ2v) is 6.30. The van der Waals surface area contributed by atoms with Gasteiger partial charge in [0.05, 0.1) is 0 Å². The van der Waals surface area contributed by atoms with Crippen LogP contribution in [0, 0.1) is 0 Å². The van der Waals surface area contributed by atoms with Crippen LogP contribution in [0.15, 0.2) is 77.2 Å². The Balaban J connectivity index is 1.75. The van der Waals surface area contributed by atoms with Gasteiger partial charge in [-0.15, -0.1) is 0 Å². The van der Waals surface area contributed by atoms with E-state index < -0.39 is 0 Å². The fraction of sp³-hybridized carbons (Fsp3) is 0. The van der Waals surface area contributed by atoms with Gasteiger partial charge in [-0.3, -0.25) is 0 Å². The second-order valence-electron chi connectivity index (χ2n) is 5.86. The van der Waals surface area contributed by atoms with Gasteiger partial charge in [0.25, 0.3) is 0 Å². The topological polar surface area (TPSA) is 26.0 Å². The van der Waals surface area contributed by atoms with Gasteiger partial charge in [0.2, 0.25) is 5.89 Å². The van der Waals surface area contributed by atoms with E-state index in [9.17, 15) is 0 Å². The summed E-state index contributed by atoms with van der Waals surface area (Å²) in [6.45, 7) is 0. The molecule has 0 unspecified atom stereocenters. The van der Waals surface area contributed by atoms with E-state index in [-0.39, 0.29) is 0 Å². The highest BCUT2D eigenvalue weighted by Gasteiger charge is 2.11. The van der Waals surface area contributed by atoms with Crippen molar-refractivity contribution in [1.29, 1.82) is 0 Å². The smallest absolute Gasteiger partial charge is 0.227 e. The molecule has 0 aliphatic heterocycles. The first-order valence-electron chi connectivity index (χ1n) is 7.76. The predicted octanol–water partition coefficient (Wildman–Crippen LogP) is 6.45. The fourth-order valence-corrected chi connectivity index (χ4v) is 3.31. The van der Waals surface area contributed by atoms with E-state index in [0.717, 1.165) is 32.5 Å². The van der Waals surface area contributed by atoms with Crippen molar-refractivity contribution in [3.8, 4) is 11.5 Å². The molecule has 0 N–H and O–H groups in total. The third kappa shape index (κ3) is 2.08. The Kier molecular flexibility index (Phi) is 2.88. The molecule has 0 fully saturated rings. The van der Waals surface area contributed by atoms with Gasteiger partial charge in [0, 0.05) is 16.0 Å². The molecule has 0 bridgehead atoms. The third-order valence-electron chi connectivity index (χ3n) is 4.33. The maximum absolute atomic E-state index is 6.10. The fourth-order valence-electron chi connectivity index (χ4n) is 3.13. The van der Waals surface area contributed by atoms with Crippen molar-refractivity contribution in [3.63, 3.8) is 0 Å². The van der Waals surface area contributed by atoms with E-state index in [2.05, 4.69) is 29.2 Å². The lowest BCUT2D eigenvalue weighted by atomic mass is 10.1. The second kappa shape index (κ2) is 5.08. The number of aromatic nitrogens is 1. The van der Waals surface area contributed by atoms with Crippen molar-refractivity contribution in [1.82, 2.24) is 4.98 Å². The van der Waals surface area contributed by atoms with Crippen molar-refractivity contribution < 1.29 is 4.42 Å². The van der Waals surface area contributed by atoms with Crippen LogP contribution in [-0.4, -0.2) is 4.98 Å². The Morgan fingerprint density at radius 2 is 1.58 bits per heavy atom. The molecule has 1 heterocycles. The lowest BCUT2D eigenvalue weighted by Crippen LogP contribution is -1.78. The minimum Gasteiger partial charge on any atom is -0.435 e. The number of halogens is 1. The molecule has 0 amide bonds. The summed E-state index contributed by atoms with van der Waals surface area (Å²) in [6, 6.07) is 24.3. The van der Waals surface area contributed by atoms with Crippen LogP contribution in [0.25, 0.3) is 44.1 Å². The molecule has 4 aromatic carbocycles. The molecule has 0 saturated heterocycles. The van der Waals surface area contributed by atoms with Crippen LogP contribution < -0.4 is 0 Å². The van der Waals surface area contributed by atoms with E-state index in [0.29, 0.717) is 5.89 Å². The van der Waals surface area contributed by atoms with Crippen LogP contribution in [-0.2, 0) is 0 Å². The largest absolute Gasteiger partial charge is 0.435 e. The lowest BCUT2D eigenvalue weighted by Gasteiger charge is -2.00. The molecular formula is C21H12ClNO. The van der Waals surface area contributed by atoms with Gasteiger partial charge in [0.15, 0.2) is 5.58 Å². The summed E-state index contributed by atoms with van der Waals surface area (Å²) in [6.07, 6.45) is 0. The monoisotopic (exact) mass is 329 g/mol. The van der Waals surface area contributed by atoms with Crippen LogP contribution in [0.1, 0.15) is 0 Å². The average molecular weight is 330 g/mol. The summed E-state index contributed by atoms with van der Waals surface area (Å²) in [7, 11) is 0. The van der Waals surface area contributed by atoms with Gasteiger partial charge in [-0.2, -0.15) is 0 Å². The van der Waals surface area contributed by atoms with Gasteiger partial charge >= 0.3 is 0 Å². The molecule has 3 heteroatoms. The summed E-state index contributed by atoms with van der Waals surface area (Å²) < 4.78 is 6.10. The standard InChI is InChI=1S/C21H12ClNO/c22-17-8-9-18-15(12-17)7-10-19-20(18)24-21(23-19)16-6-5-13-3-1-2-4-14(13)11-16/h1-12H. The predicted molar refractivity (Wildman–Crippen MR) is 99.5 cm³/mol. The molecule has 5 rings (SSSR count). The Hall–Kier alpha value is -2.84. The molecule has 0 spiro atoms. The number of hydrogen-bond donors (Lipinski definition) is 0. The molecule has 0 atom stereocenters. The maximum atomic E-state index is 6.10. The number of rotatable bonds is 1. The molecule has 1 aromatic heterocycles. The molecule has 0 aliphatic carbocycles. The number of oxazole rings is 1. The number of hydrogen-bond acceptors (Lipinski definition) is 2. The highest BCUT2D eigenvalue weighted by atomic mass is 35.5. The van der Waals surface area contributed by atoms with Gasteiger partial charge in [-0.1, -0.05) is 48.0 Å². The van der Waals surface area contributed by atoms with Crippen molar-refractivity contribution in [2.75, 3.05) is 0 Å². The van der Waals surface area contributed by atoms with Gasteiger partial charge in [-0.25, -0.2) is 4.98 Å². The first kappa shape index (κ1) is 13.6. The summed E-state index contributed by atoms with van der Waals surface area (Å²) in [5, 5.41) is 5.18. The van der Waals surface area contributed by atoms with Crippen LogP contribution in [0.3, 0.4) is 0 Å². The van der Waals surface area contributed by atoms with Crippen LogP contribution in [0.4, 0.5) is 0 Å². The molecule has 114 valence electrons. The maximum Gasteiger partial charge on any atom is 0.227 e. The highest BCUT2D eigenvalue weighted by molar-refractivity contribution is 6.31. The van der Waals surface area contributed by atoms with Gasteiger partial charge < -0.3 is 4.42 Å². The van der Waals surface area contributed by atoms with E-state index in [4.69, 9.17) is 16.0 Å². The number of benzene rings is 4. The normalized spacial score (nSPS) is 11.5. The molecule has 0 radical (unpaired) electrons. The van der Waals surface area contributed by atoms with E-state index in [1.165, 1.54) is 10.8 Å². The van der Waals surface area contributed by atoms with Crippen molar-refractivity contribution in [2.24, 2.45) is 0 Å². The zero-order valence-corrected chi connectivity index (χ0v) is 13.4. The average Bonchev–Trinajstić information content (AvgIpc) is 3.05. The van der Waals surface area contributed by atoms with E-state index in [1.807, 2.05) is 48.5 Å². The van der Waals surface area contributed by atoms with Crippen molar-refractivity contribution in [3.05, 3.63) is 77.8 Å². The van der Waals surface area contributed by atoms with Crippen LogP contribution in [0.2, 0.25) is 5.02 Å². The zero-order valence-electron chi connectivity index (χ0n) is 12.7. The van der Waals surface area contributed by atoms with Gasteiger partial charge in [-0.05, 0) is 52.6 Å². The van der Waals surface area contributed by atoms with E-state index in [1.54, 1.807) is 0 Å². The molecule has 24 heavy (non-hydrogen) atoms. The summed E-state index contributed by atoms with van der Waals surface area (Å²) >= 11 is 6.08. The quantitative estimate of drug-likeness (QED) is 0.353. The van der Waals surface area contributed by atoms with Crippen molar-refractivity contribution >= 4 is 44.2 Å². The first-order valence-corrected chi connectivity index (χ1v) is 8.14. The first-order chi connectivity index (χ1) is 11.8. The summed E-state index contributed by atoms with van der Waals surface area (Å²) in [5.74, 6) is 0.637. The molecule has 2 nitrogen and oxygen atoms in total. The SMILES string of the molecule is Clc1ccc2c(ccc3nc(-c4ccc5ccccc5c4)oc32)c1. The minimum atomic E-state index is 0.637. The molecule has 0 aliphatic rings. The Bertz CT molecular complexity index is 1220. The van der Waals surface area contributed by atoms with E-state index >= 15 is 0 Å². The lowest BCUT2D eigenvalue weighted by molar-refractivity contribution is 0.623. The Morgan fingerprint density at radius 1 is 0.750 bits per heavy atom. The number of fused-ring (bicyclic) bond motifs is 4. The van der Waals surface area contributed by atoms with Crippen LogP contribution in [0.5, 0.6) is 0 Å². The summed E-state index contributed by atoms with van der Waals surface area (Å²) in [4.78, 5) is 4.66. The van der Waals surface area contributed by atoms with Crippen LogP contribution >= 0.6 is 11.6 Å². The Labute approximate surface area is 143 Å². The molecule has 0 saturated carbocycles. The minimum absolute atomic E-state index is 0.637. The van der Waals surface area contributed by atoms with Crippen molar-refractivity contribution in [2.45, 2.75) is 0 Å². The third-order valence-corrected chi connectivity index (χ3v) is 4.56. The molecular weight excluding hydrogens is 318 g/mol. The van der Waals surface area contributed by atoms with Gasteiger partial charge in [0.1, 0.15) is 5.52 Å². The zero-order chi connectivity index (χ0) is 16.1. The Morgan fingerprint density at radius 3 is 2.50 bits per heavy atom. The summed E-state index contributed by atoms with van der Waals surface area (Å²) in [5.41, 5.74) is 2.63.